The molecule has 0 N–H and O–H groups in total. The molecule has 0 atom stereocenters. The molecule has 33 valence electrons. The molecule has 0 amide bonds. The Morgan fingerprint density at radius 2 is 1.83 bits per heavy atom. The Kier molecular flexibility index (Phi) is 3.67. The number of hydrogen-bond acceptors (Lipinski definition) is 1. The minimum Gasteiger partial charge on any atom is -0.444 e. The smallest absolute Gasteiger partial charge is 0 e. The standard InChI is InChI=1S/C4H7O.Y/c1-4-2-5-3-4;/h2-3H2,1H3;/q-1;. The molecular formula is C4H7OY-. The Labute approximate surface area is 63.3 Å². The first-order valence-corrected chi connectivity index (χ1v) is 1.78. The molecular weight excluding hydrogens is 153 g/mol. The summed E-state index contributed by atoms with van der Waals surface area (Å²) in [7, 11) is 0. The molecule has 1 nitrogen and oxygen atoms in total. The average molecular weight is 160 g/mol. The molecule has 1 radical (unpaired) electrons. The van der Waals surface area contributed by atoms with Gasteiger partial charge in [0.1, 0.15) is 0 Å². The Bertz CT molecular complexity index is 34.5. The zero-order chi connectivity index (χ0) is 3.70. The molecule has 0 spiro atoms. The van der Waals surface area contributed by atoms with E-state index in [1.807, 2.05) is 0 Å². The second kappa shape index (κ2) is 3.12. The first-order valence-electron chi connectivity index (χ1n) is 1.78. The normalized spacial score (nSPS) is 21.5. The molecule has 1 aliphatic rings. The molecule has 0 unspecified atom stereocenters. The van der Waals surface area contributed by atoms with Gasteiger partial charge >= 0.3 is 0 Å². The van der Waals surface area contributed by atoms with E-state index in [0.29, 0.717) is 0 Å². The van der Waals surface area contributed by atoms with E-state index in [1.165, 1.54) is 5.92 Å². The molecule has 0 bridgehead atoms. The van der Waals surface area contributed by atoms with Gasteiger partial charge in [-0.15, -0.1) is 0 Å². The first-order chi connectivity index (χ1) is 2.39. The molecule has 1 rings (SSSR count). The molecule has 1 heterocycles. The van der Waals surface area contributed by atoms with Gasteiger partial charge in [-0.2, -0.15) is 6.92 Å². The van der Waals surface area contributed by atoms with E-state index in [9.17, 15) is 0 Å². The predicted octanol–water partition coefficient (Wildman–Crippen LogP) is 0.608. The fourth-order valence-corrected chi connectivity index (χ4v) is 0.306. The van der Waals surface area contributed by atoms with Gasteiger partial charge < -0.3 is 4.74 Å². The molecule has 2 heteroatoms. The Hall–Kier alpha value is 1.06. The summed E-state index contributed by atoms with van der Waals surface area (Å²) in [6.07, 6.45) is 0. The third kappa shape index (κ3) is 1.68. The van der Waals surface area contributed by atoms with Crippen molar-refractivity contribution in [3.63, 3.8) is 0 Å². The predicted molar refractivity (Wildman–Crippen MR) is 19.7 cm³/mol. The monoisotopic (exact) mass is 160 g/mol. The topological polar surface area (TPSA) is 9.23 Å². The van der Waals surface area contributed by atoms with Gasteiger partial charge in [0.15, 0.2) is 0 Å². The Balaban J connectivity index is 0.000000250. The van der Waals surface area contributed by atoms with Gasteiger partial charge in [-0.25, -0.2) is 0 Å². The van der Waals surface area contributed by atoms with Crippen LogP contribution in [0.4, 0.5) is 0 Å². The van der Waals surface area contributed by atoms with Crippen molar-refractivity contribution in [3.8, 4) is 0 Å². The third-order valence-corrected chi connectivity index (χ3v) is 0.697. The Morgan fingerprint density at radius 1 is 1.50 bits per heavy atom. The van der Waals surface area contributed by atoms with E-state index < -0.39 is 0 Å². The van der Waals surface area contributed by atoms with Gasteiger partial charge in [-0.3, -0.25) is 5.92 Å². The van der Waals surface area contributed by atoms with Gasteiger partial charge in [-0.05, 0) is 0 Å². The quantitative estimate of drug-likeness (QED) is 0.471. The summed E-state index contributed by atoms with van der Waals surface area (Å²) >= 11 is 0. The molecule has 0 aromatic carbocycles. The van der Waals surface area contributed by atoms with Gasteiger partial charge in [0.25, 0.3) is 0 Å². The number of rotatable bonds is 0. The van der Waals surface area contributed by atoms with E-state index in [-0.39, 0.29) is 32.7 Å². The van der Waals surface area contributed by atoms with Crippen molar-refractivity contribution in [2.75, 3.05) is 13.2 Å². The van der Waals surface area contributed by atoms with Crippen molar-refractivity contribution < 1.29 is 37.4 Å². The third-order valence-electron chi connectivity index (χ3n) is 0.697. The average Bonchev–Trinajstić information content (AvgIpc) is 1.30. The maximum absolute atomic E-state index is 4.80. The number of hydrogen-bond donors (Lipinski definition) is 0. The van der Waals surface area contributed by atoms with Crippen LogP contribution in [-0.4, -0.2) is 13.2 Å². The van der Waals surface area contributed by atoms with Crippen LogP contribution in [0.5, 0.6) is 0 Å². The van der Waals surface area contributed by atoms with Crippen LogP contribution in [0.3, 0.4) is 0 Å². The molecule has 0 saturated carbocycles. The summed E-state index contributed by atoms with van der Waals surface area (Å²) in [6.45, 7) is 3.91. The van der Waals surface area contributed by atoms with Crippen molar-refractivity contribution in [2.45, 2.75) is 6.92 Å². The van der Waals surface area contributed by atoms with Crippen molar-refractivity contribution in [3.05, 3.63) is 5.92 Å². The van der Waals surface area contributed by atoms with Crippen LogP contribution in [0.15, 0.2) is 0 Å². The van der Waals surface area contributed by atoms with Crippen molar-refractivity contribution >= 4 is 0 Å². The van der Waals surface area contributed by atoms with Crippen molar-refractivity contribution in [2.24, 2.45) is 0 Å². The zero-order valence-corrected chi connectivity index (χ0v) is 6.74. The number of ether oxygens (including phenoxy) is 1. The second-order valence-corrected chi connectivity index (χ2v) is 1.45. The van der Waals surface area contributed by atoms with Crippen LogP contribution in [-0.2, 0) is 37.4 Å². The first kappa shape index (κ1) is 7.06. The van der Waals surface area contributed by atoms with Crippen molar-refractivity contribution in [1.29, 1.82) is 0 Å². The van der Waals surface area contributed by atoms with Gasteiger partial charge in [0.2, 0.25) is 0 Å². The summed E-state index contributed by atoms with van der Waals surface area (Å²) in [4.78, 5) is 0. The van der Waals surface area contributed by atoms with Gasteiger partial charge in [-0.1, -0.05) is 13.2 Å². The van der Waals surface area contributed by atoms with Gasteiger partial charge in [0, 0.05) is 32.7 Å². The molecule has 1 saturated heterocycles. The van der Waals surface area contributed by atoms with Crippen LogP contribution in [0.1, 0.15) is 6.92 Å². The molecule has 6 heavy (non-hydrogen) atoms. The SMILES string of the molecule is C[C-]1COC1.[Y]. The maximum Gasteiger partial charge on any atom is 0 e. The van der Waals surface area contributed by atoms with Crippen LogP contribution in [0, 0.1) is 5.92 Å². The van der Waals surface area contributed by atoms with E-state index in [0.717, 1.165) is 13.2 Å². The summed E-state index contributed by atoms with van der Waals surface area (Å²) in [5, 5.41) is 0. The van der Waals surface area contributed by atoms with E-state index >= 15 is 0 Å². The molecule has 0 aromatic heterocycles. The molecule has 1 fully saturated rings. The fraction of sp³-hybridized carbons (Fsp3) is 0.750. The summed E-state index contributed by atoms with van der Waals surface area (Å²) in [5.74, 6) is 1.46. The molecule has 0 aromatic rings. The molecule has 0 aliphatic carbocycles. The van der Waals surface area contributed by atoms with Gasteiger partial charge in [0.05, 0.1) is 0 Å². The minimum atomic E-state index is 0. The van der Waals surface area contributed by atoms with Crippen LogP contribution in [0.25, 0.3) is 0 Å². The van der Waals surface area contributed by atoms with Crippen molar-refractivity contribution in [1.82, 2.24) is 0 Å². The zero-order valence-electron chi connectivity index (χ0n) is 3.90. The maximum atomic E-state index is 4.80. The van der Waals surface area contributed by atoms with Crippen LogP contribution < -0.4 is 0 Å². The minimum absolute atomic E-state index is 0. The Morgan fingerprint density at radius 3 is 1.83 bits per heavy atom. The largest absolute Gasteiger partial charge is 0.444 e. The van der Waals surface area contributed by atoms with Crippen LogP contribution in [0.2, 0.25) is 0 Å². The second-order valence-electron chi connectivity index (χ2n) is 1.45. The molecule has 1 aliphatic heterocycles. The summed E-state index contributed by atoms with van der Waals surface area (Å²) < 4.78 is 4.80. The summed E-state index contributed by atoms with van der Waals surface area (Å²) in [6, 6.07) is 0. The van der Waals surface area contributed by atoms with E-state index in [4.69, 9.17) is 4.74 Å². The summed E-state index contributed by atoms with van der Waals surface area (Å²) in [5.41, 5.74) is 0. The van der Waals surface area contributed by atoms with Crippen LogP contribution >= 0.6 is 0 Å². The van der Waals surface area contributed by atoms with E-state index in [1.54, 1.807) is 0 Å². The fourth-order valence-electron chi connectivity index (χ4n) is 0.306. The van der Waals surface area contributed by atoms with E-state index in [2.05, 4.69) is 6.92 Å².